The molecule has 0 spiro atoms. The number of halogens is 1. The van der Waals surface area contributed by atoms with E-state index in [2.05, 4.69) is 15.0 Å². The van der Waals surface area contributed by atoms with Crippen LogP contribution in [0.3, 0.4) is 0 Å². The van der Waals surface area contributed by atoms with Crippen LogP contribution in [0.25, 0.3) is 0 Å². The van der Waals surface area contributed by atoms with Gasteiger partial charge in [0.2, 0.25) is 11.2 Å². The van der Waals surface area contributed by atoms with Crippen LogP contribution in [0.4, 0.5) is 11.9 Å². The molecule has 1 fully saturated rings. The van der Waals surface area contributed by atoms with Crippen LogP contribution in [0.1, 0.15) is 0 Å². The highest BCUT2D eigenvalue weighted by atomic mass is 35.5. The van der Waals surface area contributed by atoms with Gasteiger partial charge in [0.05, 0.1) is 13.2 Å². The van der Waals surface area contributed by atoms with Gasteiger partial charge in [-0.3, -0.25) is 0 Å². The number of hydrazine groups is 1. The van der Waals surface area contributed by atoms with Crippen LogP contribution < -0.4 is 10.3 Å². The van der Waals surface area contributed by atoms with Gasteiger partial charge >= 0.3 is 5.03 Å². The number of ether oxygens (including phenoxy) is 1. The monoisotopic (exact) mass is 261 g/mol. The molecule has 0 aliphatic carbocycles. The lowest BCUT2D eigenvalue weighted by molar-refractivity contribution is -0.770. The second kappa shape index (κ2) is 5.06. The van der Waals surface area contributed by atoms with E-state index in [-0.39, 0.29) is 11.2 Å². The molecule has 2 N–H and O–H groups in total. The van der Waals surface area contributed by atoms with Crippen molar-refractivity contribution in [2.75, 3.05) is 36.6 Å². The largest absolute Gasteiger partial charge is 0.378 e. The summed E-state index contributed by atoms with van der Waals surface area (Å²) in [7, 11) is 0. The zero-order chi connectivity index (χ0) is 12.3. The first-order chi connectivity index (χ1) is 8.15. The smallest absolute Gasteiger partial charge is 0.362 e. The van der Waals surface area contributed by atoms with E-state index in [0.717, 1.165) is 0 Å². The van der Waals surface area contributed by atoms with Crippen LogP contribution >= 0.6 is 11.6 Å². The molecule has 1 aliphatic rings. The molecule has 0 atom stereocenters. The molecular formula is C7H10ClN6O3+. The molecule has 0 bridgehead atoms. The van der Waals surface area contributed by atoms with Gasteiger partial charge in [-0.25, -0.2) is 5.21 Å². The number of nitrogens with one attached hydrogen (secondary N) is 1. The van der Waals surface area contributed by atoms with Crippen LogP contribution in [-0.2, 0) is 4.74 Å². The second-order valence-corrected chi connectivity index (χ2v) is 3.55. The number of aromatic nitrogens is 3. The summed E-state index contributed by atoms with van der Waals surface area (Å²) in [6.07, 6.45) is 0. The Kier molecular flexibility index (Phi) is 3.49. The van der Waals surface area contributed by atoms with Crippen molar-refractivity contribution in [3.05, 3.63) is 10.2 Å². The molecule has 9 nitrogen and oxygen atoms in total. The van der Waals surface area contributed by atoms with E-state index in [1.165, 1.54) is 0 Å². The maximum atomic E-state index is 10.4. The lowest BCUT2D eigenvalue weighted by Gasteiger charge is -2.26. The second-order valence-electron chi connectivity index (χ2n) is 3.21. The van der Waals surface area contributed by atoms with Gasteiger partial charge < -0.3 is 9.64 Å². The highest BCUT2D eigenvalue weighted by Gasteiger charge is 2.18. The lowest BCUT2D eigenvalue weighted by Crippen LogP contribution is -2.37. The molecule has 0 aromatic carbocycles. The molecule has 1 aromatic rings. The minimum Gasteiger partial charge on any atom is -0.378 e. The normalized spacial score (nSPS) is 15.7. The predicted molar refractivity (Wildman–Crippen MR) is 56.9 cm³/mol. The van der Waals surface area contributed by atoms with Crippen molar-refractivity contribution < 1.29 is 15.0 Å². The Labute approximate surface area is 101 Å². The highest BCUT2D eigenvalue weighted by molar-refractivity contribution is 6.28. The SMILES string of the molecule is O=[N+](O)Nc1nc(Cl)nc(N2CCOCC2)n1. The van der Waals surface area contributed by atoms with Crippen LogP contribution in [0.2, 0.25) is 5.28 Å². The van der Waals surface area contributed by atoms with E-state index in [0.29, 0.717) is 32.3 Å². The molecule has 1 saturated heterocycles. The van der Waals surface area contributed by atoms with Gasteiger partial charge in [-0.2, -0.15) is 15.0 Å². The molecule has 2 heterocycles. The first-order valence-electron chi connectivity index (χ1n) is 4.82. The highest BCUT2D eigenvalue weighted by Crippen LogP contribution is 2.14. The molecule has 1 aliphatic heterocycles. The summed E-state index contributed by atoms with van der Waals surface area (Å²) < 4.78 is 5.19. The molecule has 0 saturated carbocycles. The van der Waals surface area contributed by atoms with Crippen molar-refractivity contribution in [2.24, 2.45) is 0 Å². The van der Waals surface area contributed by atoms with E-state index in [4.69, 9.17) is 21.5 Å². The number of hydrogen-bond donors (Lipinski definition) is 2. The van der Waals surface area contributed by atoms with Crippen molar-refractivity contribution in [1.82, 2.24) is 15.0 Å². The molecule has 1 aromatic heterocycles. The fourth-order valence-electron chi connectivity index (χ4n) is 1.38. The summed E-state index contributed by atoms with van der Waals surface area (Å²) >= 11 is 5.69. The van der Waals surface area contributed by atoms with E-state index >= 15 is 0 Å². The van der Waals surface area contributed by atoms with Gasteiger partial charge in [0.15, 0.2) is 0 Å². The first-order valence-corrected chi connectivity index (χ1v) is 5.20. The minimum atomic E-state index is -0.505. The Morgan fingerprint density at radius 2 is 2.06 bits per heavy atom. The van der Waals surface area contributed by atoms with Gasteiger partial charge in [-0.15, -0.1) is 0 Å². The molecule has 2 rings (SSSR count). The van der Waals surface area contributed by atoms with Gasteiger partial charge in [-0.1, -0.05) is 0 Å². The summed E-state index contributed by atoms with van der Waals surface area (Å²) in [5.74, 6) is 0.210. The first kappa shape index (κ1) is 11.7. The molecule has 0 radical (unpaired) electrons. The van der Waals surface area contributed by atoms with E-state index in [9.17, 15) is 4.91 Å². The molecule has 10 heteroatoms. The quantitative estimate of drug-likeness (QED) is 0.725. The minimum absolute atomic E-state index is 0.0640. The van der Waals surface area contributed by atoms with E-state index < -0.39 is 5.03 Å². The number of nitrogens with zero attached hydrogens (tertiary/aromatic N) is 5. The third kappa shape index (κ3) is 3.11. The average Bonchev–Trinajstić information content (AvgIpc) is 2.28. The Morgan fingerprint density at radius 3 is 2.71 bits per heavy atom. The summed E-state index contributed by atoms with van der Waals surface area (Å²) in [5, 5.41) is 7.92. The van der Waals surface area contributed by atoms with Gasteiger partial charge in [0.1, 0.15) is 4.91 Å². The van der Waals surface area contributed by atoms with Crippen LogP contribution in [0.15, 0.2) is 0 Å². The fraction of sp³-hybridized carbons (Fsp3) is 0.571. The summed E-state index contributed by atoms with van der Waals surface area (Å²) in [5.41, 5.74) is 1.95. The van der Waals surface area contributed by atoms with Gasteiger partial charge in [0, 0.05) is 13.1 Å². The molecular weight excluding hydrogens is 252 g/mol. The number of hydrogen-bond acceptors (Lipinski definition) is 6. The van der Waals surface area contributed by atoms with Crippen LogP contribution in [-0.4, -0.2) is 51.5 Å². The molecule has 17 heavy (non-hydrogen) atoms. The van der Waals surface area contributed by atoms with E-state index in [1.54, 1.807) is 0 Å². The summed E-state index contributed by atoms with van der Waals surface area (Å²) in [6, 6.07) is 0. The van der Waals surface area contributed by atoms with Crippen molar-refractivity contribution in [1.29, 1.82) is 0 Å². The number of morpholine rings is 1. The summed E-state index contributed by atoms with van der Waals surface area (Å²) in [6.45, 7) is 2.39. The molecule has 0 amide bonds. The third-order valence-electron chi connectivity index (χ3n) is 2.09. The third-order valence-corrected chi connectivity index (χ3v) is 2.25. The Balaban J connectivity index is 2.20. The van der Waals surface area contributed by atoms with Gasteiger partial charge in [-0.05, 0) is 17.0 Å². The van der Waals surface area contributed by atoms with Crippen LogP contribution in [0.5, 0.6) is 0 Å². The fourth-order valence-corrected chi connectivity index (χ4v) is 1.54. The Hall–Kier alpha value is -1.74. The maximum Gasteiger partial charge on any atom is 0.362 e. The Bertz CT molecular complexity index is 424. The zero-order valence-corrected chi connectivity index (χ0v) is 9.46. The number of rotatable bonds is 3. The van der Waals surface area contributed by atoms with Crippen LogP contribution in [0, 0.1) is 4.91 Å². The van der Waals surface area contributed by atoms with Crippen molar-refractivity contribution >= 4 is 23.5 Å². The number of anilines is 2. The summed E-state index contributed by atoms with van der Waals surface area (Å²) in [4.78, 5) is 23.8. The maximum absolute atomic E-state index is 10.4. The average molecular weight is 262 g/mol. The van der Waals surface area contributed by atoms with E-state index in [1.807, 2.05) is 10.3 Å². The zero-order valence-electron chi connectivity index (χ0n) is 8.71. The predicted octanol–water partition coefficient (Wildman–Crippen LogP) is -0.143. The van der Waals surface area contributed by atoms with Crippen molar-refractivity contribution in [3.8, 4) is 0 Å². The Morgan fingerprint density at radius 1 is 1.35 bits per heavy atom. The lowest BCUT2D eigenvalue weighted by atomic mass is 10.4. The van der Waals surface area contributed by atoms with Crippen molar-refractivity contribution in [2.45, 2.75) is 0 Å². The molecule has 92 valence electrons. The van der Waals surface area contributed by atoms with Crippen molar-refractivity contribution in [3.63, 3.8) is 0 Å². The van der Waals surface area contributed by atoms with Gasteiger partial charge in [0.25, 0.3) is 5.95 Å². The topological polar surface area (TPSA) is 103 Å². The standard InChI is InChI=1S/C7H10ClN6O3/c8-5-9-6(12-14(15)16)11-7(10-5)13-1-3-17-4-2-13/h1-4H2,(H,15,16)(H,9,10,11,12)/q+1. The molecule has 0 unspecified atom stereocenters.